The highest BCUT2D eigenvalue weighted by molar-refractivity contribution is 9.10. The number of fused-ring (bicyclic) bond motifs is 1. The van der Waals surface area contributed by atoms with Gasteiger partial charge in [0.15, 0.2) is 0 Å². The van der Waals surface area contributed by atoms with Crippen molar-refractivity contribution < 1.29 is 4.39 Å². The van der Waals surface area contributed by atoms with E-state index in [4.69, 9.17) is 0 Å². The van der Waals surface area contributed by atoms with Gasteiger partial charge in [-0.05, 0) is 47.9 Å². The van der Waals surface area contributed by atoms with Gasteiger partial charge in [0.25, 0.3) is 0 Å². The first-order chi connectivity index (χ1) is 13.3. The first kappa shape index (κ1) is 27.4. The van der Waals surface area contributed by atoms with E-state index in [1.54, 1.807) is 6.07 Å². The van der Waals surface area contributed by atoms with Crippen LogP contribution in [0, 0.1) is 11.2 Å². The Kier molecular flexibility index (Phi) is 14.0. The number of benzene rings is 1. The van der Waals surface area contributed by atoms with Gasteiger partial charge in [-0.15, -0.1) is 0 Å². The van der Waals surface area contributed by atoms with E-state index in [1.165, 1.54) is 36.8 Å². The van der Waals surface area contributed by atoms with E-state index in [2.05, 4.69) is 63.5 Å². The third-order valence-electron chi connectivity index (χ3n) is 5.28. The number of hydrogen-bond donors (Lipinski definition) is 0. The lowest BCUT2D eigenvalue weighted by Crippen LogP contribution is -2.20. The van der Waals surface area contributed by atoms with E-state index in [9.17, 15) is 4.39 Å². The summed E-state index contributed by atoms with van der Waals surface area (Å²) in [6.07, 6.45) is 12.0. The molecule has 162 valence electrons. The lowest BCUT2D eigenvalue weighted by atomic mass is 9.74. The Bertz CT molecular complexity index is 582. The third-order valence-corrected chi connectivity index (χ3v) is 5.97. The van der Waals surface area contributed by atoms with E-state index < -0.39 is 0 Å². The molecule has 1 aromatic rings. The van der Waals surface area contributed by atoms with Gasteiger partial charge in [-0.1, -0.05) is 115 Å². The van der Waals surface area contributed by atoms with Gasteiger partial charge >= 0.3 is 0 Å². The summed E-state index contributed by atoms with van der Waals surface area (Å²) in [6, 6.07) is 3.45. The van der Waals surface area contributed by atoms with Crippen LogP contribution in [-0.2, 0) is 6.42 Å². The van der Waals surface area contributed by atoms with Crippen molar-refractivity contribution in [2.24, 2.45) is 5.41 Å². The highest BCUT2D eigenvalue weighted by Gasteiger charge is 2.42. The molecule has 1 aliphatic carbocycles. The molecule has 1 unspecified atom stereocenters. The van der Waals surface area contributed by atoms with E-state index >= 15 is 0 Å². The van der Waals surface area contributed by atoms with Crippen molar-refractivity contribution in [1.82, 2.24) is 0 Å². The summed E-state index contributed by atoms with van der Waals surface area (Å²) in [5.74, 6) is 0.286. The van der Waals surface area contributed by atoms with Crippen molar-refractivity contribution >= 4 is 15.9 Å². The van der Waals surface area contributed by atoms with Crippen molar-refractivity contribution in [3.8, 4) is 0 Å². The van der Waals surface area contributed by atoms with Crippen molar-refractivity contribution in [2.45, 2.75) is 113 Å². The van der Waals surface area contributed by atoms with Gasteiger partial charge < -0.3 is 0 Å². The Morgan fingerprint density at radius 3 is 2.11 bits per heavy atom. The average molecular weight is 456 g/mol. The number of hydrogen-bond acceptors (Lipinski definition) is 0. The topological polar surface area (TPSA) is 0 Å². The Labute approximate surface area is 183 Å². The maximum absolute atomic E-state index is 14.2. The highest BCUT2D eigenvalue weighted by Crippen LogP contribution is 2.54. The van der Waals surface area contributed by atoms with Crippen LogP contribution in [0.25, 0.3) is 0 Å². The summed E-state index contributed by atoms with van der Waals surface area (Å²) in [5.41, 5.74) is 3.66. The first-order valence-electron chi connectivity index (χ1n) is 11.5. The van der Waals surface area contributed by atoms with Crippen molar-refractivity contribution in [1.29, 1.82) is 0 Å². The second-order valence-electron chi connectivity index (χ2n) is 8.16. The summed E-state index contributed by atoms with van der Waals surface area (Å²) < 4.78 is 15.2. The Morgan fingerprint density at radius 1 is 1.07 bits per heavy atom. The first-order valence-corrected chi connectivity index (χ1v) is 12.3. The van der Waals surface area contributed by atoms with Gasteiger partial charge in [0.1, 0.15) is 5.82 Å². The van der Waals surface area contributed by atoms with Crippen LogP contribution in [0.1, 0.15) is 117 Å². The van der Waals surface area contributed by atoms with Crippen LogP contribution in [0.4, 0.5) is 4.39 Å². The standard InChI is InChI=1S/C18H24BrF.C6H14.C2H6/c1-5-7-12(8-6-2)17-16-13(11-18(17,3)4)15(20)10-9-14(16)19;1-3-5-6-4-2;1-2/h7,9-10,17H,5-6,8,11H2,1-4H3;3-6H2,1-2H3;1-2H3/b12-7+;;. The number of unbranched alkanes of at least 4 members (excludes halogenated alkanes) is 3. The molecule has 1 aromatic carbocycles. The molecule has 2 rings (SSSR count). The fourth-order valence-electron chi connectivity index (χ4n) is 4.15. The number of rotatable bonds is 7. The molecule has 0 saturated heterocycles. The van der Waals surface area contributed by atoms with E-state index in [-0.39, 0.29) is 11.2 Å². The lowest BCUT2D eigenvalue weighted by molar-refractivity contribution is 0.335. The zero-order chi connectivity index (χ0) is 21.7. The van der Waals surface area contributed by atoms with E-state index in [0.29, 0.717) is 5.92 Å². The normalized spacial score (nSPS) is 17.2. The molecule has 1 aliphatic rings. The zero-order valence-electron chi connectivity index (χ0n) is 19.7. The van der Waals surface area contributed by atoms with Crippen molar-refractivity contribution in [2.75, 3.05) is 0 Å². The molecule has 0 spiro atoms. The Hall–Kier alpha value is -0.630. The molecule has 0 heterocycles. The minimum Gasteiger partial charge on any atom is -0.207 e. The molecule has 0 bridgehead atoms. The maximum Gasteiger partial charge on any atom is 0.126 e. The monoisotopic (exact) mass is 454 g/mol. The van der Waals surface area contributed by atoms with Crippen LogP contribution in [0.2, 0.25) is 0 Å². The van der Waals surface area contributed by atoms with Crippen molar-refractivity contribution in [3.05, 3.63) is 45.2 Å². The quantitative estimate of drug-likeness (QED) is 0.283. The molecular weight excluding hydrogens is 411 g/mol. The molecule has 0 radical (unpaired) electrons. The van der Waals surface area contributed by atoms with Gasteiger partial charge in [-0.2, -0.15) is 0 Å². The highest BCUT2D eigenvalue weighted by atomic mass is 79.9. The van der Waals surface area contributed by atoms with Crippen molar-refractivity contribution in [3.63, 3.8) is 0 Å². The fraction of sp³-hybridized carbons (Fsp3) is 0.692. The summed E-state index contributed by atoms with van der Waals surface area (Å²) >= 11 is 3.65. The molecule has 0 amide bonds. The number of halogens is 2. The SMILES string of the molecule is CC.CC/C=C(\CCC)C1c2c(Br)ccc(F)c2CC1(C)C.CCCCCC. The van der Waals surface area contributed by atoms with Crippen LogP contribution in [-0.4, -0.2) is 0 Å². The molecule has 0 aromatic heterocycles. The molecule has 0 nitrogen and oxygen atoms in total. The minimum absolute atomic E-state index is 0.0499. The van der Waals surface area contributed by atoms with Crippen LogP contribution in [0.15, 0.2) is 28.3 Å². The van der Waals surface area contributed by atoms with Gasteiger partial charge in [0, 0.05) is 10.4 Å². The predicted molar refractivity (Wildman–Crippen MR) is 129 cm³/mol. The summed E-state index contributed by atoms with van der Waals surface area (Å²) in [6.45, 7) is 17.4. The molecule has 2 heteroatoms. The van der Waals surface area contributed by atoms with Crippen LogP contribution in [0.3, 0.4) is 0 Å². The van der Waals surface area contributed by atoms with Crippen LogP contribution in [0.5, 0.6) is 0 Å². The van der Waals surface area contributed by atoms with Crippen LogP contribution >= 0.6 is 15.9 Å². The molecule has 1 atom stereocenters. The van der Waals surface area contributed by atoms with Gasteiger partial charge in [-0.3, -0.25) is 0 Å². The Balaban J connectivity index is 0.000000780. The summed E-state index contributed by atoms with van der Waals surface area (Å²) in [5, 5.41) is 0. The molecule has 28 heavy (non-hydrogen) atoms. The largest absolute Gasteiger partial charge is 0.207 e. The second-order valence-corrected chi connectivity index (χ2v) is 9.02. The van der Waals surface area contributed by atoms with E-state index in [1.807, 2.05) is 19.9 Å². The minimum atomic E-state index is -0.0499. The van der Waals surface area contributed by atoms with E-state index in [0.717, 1.165) is 35.7 Å². The molecule has 0 aliphatic heterocycles. The maximum atomic E-state index is 14.2. The third kappa shape index (κ3) is 7.65. The van der Waals surface area contributed by atoms with Crippen LogP contribution < -0.4 is 0 Å². The predicted octanol–water partition coefficient (Wildman–Crippen LogP) is 10.0. The van der Waals surface area contributed by atoms with Gasteiger partial charge in [-0.25, -0.2) is 4.39 Å². The lowest BCUT2D eigenvalue weighted by Gasteiger charge is -2.30. The average Bonchev–Trinajstić information content (AvgIpc) is 2.97. The Morgan fingerprint density at radius 2 is 1.64 bits per heavy atom. The smallest absolute Gasteiger partial charge is 0.126 e. The molecule has 0 fully saturated rings. The second kappa shape index (κ2) is 14.4. The van der Waals surface area contributed by atoms with Gasteiger partial charge in [0.2, 0.25) is 0 Å². The molecule has 0 N–H and O–H groups in total. The van der Waals surface area contributed by atoms with Gasteiger partial charge in [0.05, 0.1) is 0 Å². The molecule has 0 saturated carbocycles. The molecular formula is C26H44BrF. The number of allylic oxidation sites excluding steroid dienone is 2. The zero-order valence-corrected chi connectivity index (χ0v) is 21.3. The summed E-state index contributed by atoms with van der Waals surface area (Å²) in [4.78, 5) is 0. The summed E-state index contributed by atoms with van der Waals surface area (Å²) in [7, 11) is 0. The fourth-order valence-corrected chi connectivity index (χ4v) is 4.75.